The first-order valence-corrected chi connectivity index (χ1v) is 8.06. The quantitative estimate of drug-likeness (QED) is 0.845. The van der Waals surface area contributed by atoms with Crippen LogP contribution in [0.4, 0.5) is 0 Å². The Kier molecular flexibility index (Phi) is 5.59. The van der Waals surface area contributed by atoms with Gasteiger partial charge in [0.15, 0.2) is 5.78 Å². The van der Waals surface area contributed by atoms with Crippen LogP contribution in [0.5, 0.6) is 0 Å². The number of ether oxygens (including phenoxy) is 1. The zero-order chi connectivity index (χ0) is 16.2. The molecular formula is C17H22ClNO3. The molecule has 1 aliphatic carbocycles. The van der Waals surface area contributed by atoms with Crippen LogP contribution in [0.25, 0.3) is 0 Å². The number of ketones is 1. The highest BCUT2D eigenvalue weighted by Gasteiger charge is 2.42. The molecule has 120 valence electrons. The number of esters is 1. The maximum atomic E-state index is 12.6. The van der Waals surface area contributed by atoms with Crippen LogP contribution in [0.3, 0.4) is 0 Å². The van der Waals surface area contributed by atoms with E-state index in [-0.39, 0.29) is 24.4 Å². The normalized spacial score (nSPS) is 21.9. The summed E-state index contributed by atoms with van der Waals surface area (Å²) >= 11 is 6.30. The number of benzene rings is 1. The Morgan fingerprint density at radius 2 is 2.09 bits per heavy atom. The number of Topliss-reactive ketones (excluding diaryl/α,β-unsaturated/α-hetero) is 1. The van der Waals surface area contributed by atoms with E-state index < -0.39 is 5.54 Å². The van der Waals surface area contributed by atoms with E-state index in [4.69, 9.17) is 16.3 Å². The second-order valence-corrected chi connectivity index (χ2v) is 6.31. The summed E-state index contributed by atoms with van der Waals surface area (Å²) in [5, 5.41) is 3.68. The van der Waals surface area contributed by atoms with E-state index in [0.717, 1.165) is 18.4 Å². The second-order valence-electron chi connectivity index (χ2n) is 5.91. The Morgan fingerprint density at radius 1 is 1.36 bits per heavy atom. The first-order chi connectivity index (χ1) is 10.5. The monoisotopic (exact) mass is 323 g/mol. The van der Waals surface area contributed by atoms with Crippen molar-refractivity contribution < 1.29 is 14.3 Å². The maximum Gasteiger partial charge on any atom is 0.320 e. The minimum atomic E-state index is -0.882. The van der Waals surface area contributed by atoms with Crippen molar-refractivity contribution in [1.29, 1.82) is 0 Å². The molecule has 1 aromatic carbocycles. The summed E-state index contributed by atoms with van der Waals surface area (Å²) in [4.78, 5) is 24.5. The molecule has 0 aromatic heterocycles. The van der Waals surface area contributed by atoms with Crippen LogP contribution in [-0.4, -0.2) is 24.4 Å². The number of halogens is 1. The van der Waals surface area contributed by atoms with Gasteiger partial charge in [0.2, 0.25) is 0 Å². The van der Waals surface area contributed by atoms with E-state index in [1.165, 1.54) is 0 Å². The molecule has 0 heterocycles. The molecule has 0 bridgehead atoms. The Bertz CT molecular complexity index is 559. The third-order valence-corrected chi connectivity index (χ3v) is 4.25. The summed E-state index contributed by atoms with van der Waals surface area (Å²) in [6.45, 7) is 3.59. The molecule has 4 nitrogen and oxygen atoms in total. The summed E-state index contributed by atoms with van der Waals surface area (Å²) in [6.07, 6.45) is 2.77. The third-order valence-electron chi connectivity index (χ3n) is 3.92. The highest BCUT2D eigenvalue weighted by atomic mass is 35.5. The van der Waals surface area contributed by atoms with Crippen molar-refractivity contribution in [3.63, 3.8) is 0 Å². The maximum absolute atomic E-state index is 12.6. The fourth-order valence-corrected chi connectivity index (χ4v) is 3.23. The average molecular weight is 324 g/mol. The summed E-state index contributed by atoms with van der Waals surface area (Å²) in [5.74, 6) is -0.274. The minimum absolute atomic E-state index is 0.00482. The lowest BCUT2D eigenvalue weighted by molar-refractivity contribution is -0.147. The Hall–Kier alpha value is -1.39. The number of carbonyl (C=O) groups is 2. The number of nitrogens with one attached hydrogen (secondary N) is 1. The summed E-state index contributed by atoms with van der Waals surface area (Å²) in [6, 6.07) is 7.32. The van der Waals surface area contributed by atoms with Crippen molar-refractivity contribution in [3.8, 4) is 0 Å². The Labute approximate surface area is 136 Å². The van der Waals surface area contributed by atoms with Gasteiger partial charge >= 0.3 is 5.97 Å². The first-order valence-electron chi connectivity index (χ1n) is 7.68. The molecule has 1 atom stereocenters. The predicted octanol–water partition coefficient (Wildman–Crippen LogP) is 3.22. The molecule has 1 aliphatic rings. The topological polar surface area (TPSA) is 55.4 Å². The standard InChI is InChI=1S/C17H22ClNO3/c1-12(2)22-16(21)11-19-17(10-6-5-9-15(17)20)13-7-3-4-8-14(13)18/h3-4,7-8,12,19H,5-6,9-11H2,1-2H3. The van der Waals surface area contributed by atoms with Crippen LogP contribution in [0.1, 0.15) is 45.1 Å². The van der Waals surface area contributed by atoms with E-state index in [0.29, 0.717) is 17.9 Å². The van der Waals surface area contributed by atoms with Gasteiger partial charge in [-0.25, -0.2) is 0 Å². The number of carbonyl (C=O) groups excluding carboxylic acids is 2. The number of hydrogen-bond donors (Lipinski definition) is 1. The molecule has 0 saturated heterocycles. The van der Waals surface area contributed by atoms with Gasteiger partial charge in [0.05, 0.1) is 12.6 Å². The van der Waals surface area contributed by atoms with Crippen LogP contribution in [0, 0.1) is 0 Å². The van der Waals surface area contributed by atoms with Gasteiger partial charge in [-0.1, -0.05) is 36.2 Å². The Morgan fingerprint density at radius 3 is 2.73 bits per heavy atom. The minimum Gasteiger partial charge on any atom is -0.462 e. The predicted molar refractivity (Wildman–Crippen MR) is 85.8 cm³/mol. The molecule has 0 spiro atoms. The number of rotatable bonds is 5. The van der Waals surface area contributed by atoms with Gasteiger partial charge in [-0.15, -0.1) is 0 Å². The van der Waals surface area contributed by atoms with Crippen molar-refractivity contribution >= 4 is 23.4 Å². The highest BCUT2D eigenvalue weighted by molar-refractivity contribution is 6.31. The lowest BCUT2D eigenvalue weighted by atomic mass is 9.75. The zero-order valence-corrected chi connectivity index (χ0v) is 13.8. The fraction of sp³-hybridized carbons (Fsp3) is 0.529. The Balaban J connectivity index is 2.25. The SMILES string of the molecule is CC(C)OC(=O)CNC1(c2ccccc2Cl)CCCCC1=O. The highest BCUT2D eigenvalue weighted by Crippen LogP contribution is 2.37. The molecule has 1 unspecified atom stereocenters. The van der Waals surface area contributed by atoms with Crippen LogP contribution in [-0.2, 0) is 19.9 Å². The van der Waals surface area contributed by atoms with Crippen molar-refractivity contribution in [3.05, 3.63) is 34.9 Å². The largest absolute Gasteiger partial charge is 0.462 e. The van der Waals surface area contributed by atoms with Crippen molar-refractivity contribution in [1.82, 2.24) is 5.32 Å². The van der Waals surface area contributed by atoms with Crippen LogP contribution >= 0.6 is 11.6 Å². The van der Waals surface area contributed by atoms with Crippen LogP contribution in [0.15, 0.2) is 24.3 Å². The summed E-state index contributed by atoms with van der Waals surface area (Å²) < 4.78 is 5.14. The fourth-order valence-electron chi connectivity index (χ4n) is 2.93. The van der Waals surface area contributed by atoms with Gasteiger partial charge < -0.3 is 4.74 Å². The lowest BCUT2D eigenvalue weighted by Crippen LogP contribution is -2.53. The summed E-state index contributed by atoms with van der Waals surface area (Å²) in [7, 11) is 0. The molecule has 0 amide bonds. The lowest BCUT2D eigenvalue weighted by Gasteiger charge is -2.37. The van der Waals surface area contributed by atoms with E-state index in [9.17, 15) is 9.59 Å². The molecule has 1 fully saturated rings. The molecule has 22 heavy (non-hydrogen) atoms. The molecule has 1 aromatic rings. The van der Waals surface area contributed by atoms with E-state index >= 15 is 0 Å². The van der Waals surface area contributed by atoms with Gasteiger partial charge in [0, 0.05) is 11.4 Å². The third kappa shape index (κ3) is 3.68. The van der Waals surface area contributed by atoms with Gasteiger partial charge in [0.25, 0.3) is 0 Å². The molecular weight excluding hydrogens is 302 g/mol. The molecule has 2 rings (SSSR count). The molecule has 0 radical (unpaired) electrons. The van der Waals surface area contributed by atoms with Gasteiger partial charge in [-0.05, 0) is 38.3 Å². The van der Waals surface area contributed by atoms with Crippen molar-refractivity contribution in [2.75, 3.05) is 6.54 Å². The van der Waals surface area contributed by atoms with Gasteiger partial charge in [-0.3, -0.25) is 14.9 Å². The average Bonchev–Trinajstić information content (AvgIpc) is 2.47. The van der Waals surface area contributed by atoms with Crippen LogP contribution in [0.2, 0.25) is 5.02 Å². The second kappa shape index (κ2) is 7.25. The van der Waals surface area contributed by atoms with Crippen molar-refractivity contribution in [2.45, 2.75) is 51.2 Å². The molecule has 1 N–H and O–H groups in total. The van der Waals surface area contributed by atoms with Crippen LogP contribution < -0.4 is 5.32 Å². The smallest absolute Gasteiger partial charge is 0.320 e. The number of hydrogen-bond acceptors (Lipinski definition) is 4. The van der Waals surface area contributed by atoms with Gasteiger partial charge in [-0.2, -0.15) is 0 Å². The van der Waals surface area contributed by atoms with Crippen molar-refractivity contribution in [2.24, 2.45) is 0 Å². The molecule has 5 heteroatoms. The van der Waals surface area contributed by atoms with E-state index in [1.807, 2.05) is 18.2 Å². The van der Waals surface area contributed by atoms with E-state index in [2.05, 4.69) is 5.32 Å². The van der Waals surface area contributed by atoms with E-state index in [1.54, 1.807) is 19.9 Å². The zero-order valence-electron chi connectivity index (χ0n) is 13.0. The molecule has 1 saturated carbocycles. The molecule has 0 aliphatic heterocycles. The summed E-state index contributed by atoms with van der Waals surface area (Å²) in [5.41, 5.74) is -0.134. The van der Waals surface area contributed by atoms with Gasteiger partial charge in [0.1, 0.15) is 5.54 Å². The first kappa shape index (κ1) is 17.0.